The maximum absolute atomic E-state index is 6.09. The lowest BCUT2D eigenvalue weighted by atomic mass is 10.1. The summed E-state index contributed by atoms with van der Waals surface area (Å²) in [4.78, 5) is 12.1. The van der Waals surface area contributed by atoms with Gasteiger partial charge in [0.2, 0.25) is 0 Å². The third kappa shape index (κ3) is 3.78. The Bertz CT molecular complexity index is 491. The smallest absolute Gasteiger partial charge is 0.115 e. The van der Waals surface area contributed by atoms with Gasteiger partial charge in [0.1, 0.15) is 6.33 Å². The molecule has 0 saturated heterocycles. The molecule has 2 aromatic heterocycles. The van der Waals surface area contributed by atoms with Crippen molar-refractivity contribution in [2.45, 2.75) is 13.0 Å². The molecule has 4 nitrogen and oxygen atoms in total. The SMILES string of the molecule is CC(N)c1ncc(-c2cncnc2)cc1Cl.Cl.Cl. The normalized spacial score (nSPS) is 11.1. The second kappa shape index (κ2) is 7.48. The molecule has 2 N–H and O–H groups in total. The molecule has 0 aliphatic rings. The summed E-state index contributed by atoms with van der Waals surface area (Å²) in [6, 6.07) is 1.65. The monoisotopic (exact) mass is 306 g/mol. The summed E-state index contributed by atoms with van der Waals surface area (Å²) in [5, 5.41) is 0.566. The van der Waals surface area contributed by atoms with E-state index >= 15 is 0 Å². The van der Waals surface area contributed by atoms with Gasteiger partial charge in [-0.3, -0.25) is 4.98 Å². The fraction of sp³-hybridized carbons (Fsp3) is 0.182. The Kier molecular flexibility index (Phi) is 7.09. The van der Waals surface area contributed by atoms with Crippen molar-refractivity contribution in [3.63, 3.8) is 0 Å². The number of pyridine rings is 1. The first-order chi connectivity index (χ1) is 7.68. The Morgan fingerprint density at radius 2 is 1.72 bits per heavy atom. The van der Waals surface area contributed by atoms with E-state index in [2.05, 4.69) is 15.0 Å². The molecule has 0 fully saturated rings. The second-order valence-electron chi connectivity index (χ2n) is 3.51. The minimum atomic E-state index is -0.173. The topological polar surface area (TPSA) is 64.7 Å². The van der Waals surface area contributed by atoms with Crippen molar-refractivity contribution in [1.29, 1.82) is 0 Å². The zero-order valence-electron chi connectivity index (χ0n) is 9.58. The molecule has 7 heteroatoms. The Morgan fingerprint density at radius 3 is 2.22 bits per heavy atom. The molecular weight excluding hydrogens is 295 g/mol. The second-order valence-corrected chi connectivity index (χ2v) is 3.91. The van der Waals surface area contributed by atoms with Crippen LogP contribution in [0.1, 0.15) is 18.7 Å². The molecule has 0 amide bonds. The van der Waals surface area contributed by atoms with Crippen molar-refractivity contribution in [1.82, 2.24) is 15.0 Å². The first kappa shape index (κ1) is 17.1. The van der Waals surface area contributed by atoms with E-state index in [0.717, 1.165) is 11.1 Å². The molecule has 1 atom stereocenters. The number of hydrogen-bond acceptors (Lipinski definition) is 4. The van der Waals surface area contributed by atoms with Crippen LogP contribution in [0.5, 0.6) is 0 Å². The van der Waals surface area contributed by atoms with Gasteiger partial charge in [0.05, 0.1) is 10.7 Å². The van der Waals surface area contributed by atoms with Crippen molar-refractivity contribution >= 4 is 36.4 Å². The van der Waals surface area contributed by atoms with E-state index in [-0.39, 0.29) is 30.9 Å². The molecule has 0 spiro atoms. The fourth-order valence-electron chi connectivity index (χ4n) is 1.39. The maximum atomic E-state index is 6.09. The summed E-state index contributed by atoms with van der Waals surface area (Å²) in [5.74, 6) is 0. The van der Waals surface area contributed by atoms with Crippen LogP contribution in [-0.2, 0) is 0 Å². The zero-order chi connectivity index (χ0) is 11.5. The van der Waals surface area contributed by atoms with Gasteiger partial charge in [0.15, 0.2) is 0 Å². The van der Waals surface area contributed by atoms with E-state index in [1.54, 1.807) is 18.6 Å². The van der Waals surface area contributed by atoms with Crippen LogP contribution in [0.4, 0.5) is 0 Å². The first-order valence-electron chi connectivity index (χ1n) is 4.85. The van der Waals surface area contributed by atoms with Crippen LogP contribution < -0.4 is 5.73 Å². The molecule has 2 aromatic rings. The van der Waals surface area contributed by atoms with Crippen LogP contribution in [0.25, 0.3) is 11.1 Å². The van der Waals surface area contributed by atoms with Crippen molar-refractivity contribution in [3.05, 3.63) is 41.7 Å². The third-order valence-corrected chi connectivity index (χ3v) is 2.50. The van der Waals surface area contributed by atoms with E-state index in [0.29, 0.717) is 10.7 Å². The Morgan fingerprint density at radius 1 is 1.11 bits per heavy atom. The highest BCUT2D eigenvalue weighted by atomic mass is 35.5. The van der Waals surface area contributed by atoms with Crippen molar-refractivity contribution < 1.29 is 0 Å². The van der Waals surface area contributed by atoms with Crippen molar-refractivity contribution in [3.8, 4) is 11.1 Å². The molecule has 2 rings (SSSR count). The Balaban J connectivity index is 0.00000144. The summed E-state index contributed by atoms with van der Waals surface area (Å²) >= 11 is 6.09. The fourth-order valence-corrected chi connectivity index (χ4v) is 1.73. The zero-order valence-corrected chi connectivity index (χ0v) is 12.0. The molecule has 1 unspecified atom stereocenters. The van der Waals surface area contributed by atoms with Crippen LogP contribution >= 0.6 is 36.4 Å². The average Bonchev–Trinajstić information content (AvgIpc) is 2.29. The summed E-state index contributed by atoms with van der Waals surface area (Å²) in [6.45, 7) is 1.85. The van der Waals surface area contributed by atoms with Gasteiger partial charge in [0, 0.05) is 35.8 Å². The summed E-state index contributed by atoms with van der Waals surface area (Å²) in [5.41, 5.74) is 8.19. The van der Waals surface area contributed by atoms with Crippen molar-refractivity contribution in [2.24, 2.45) is 5.73 Å². The largest absolute Gasteiger partial charge is 0.323 e. The minimum Gasteiger partial charge on any atom is -0.323 e. The predicted molar refractivity (Wildman–Crippen MR) is 77.4 cm³/mol. The lowest BCUT2D eigenvalue weighted by molar-refractivity contribution is 0.782. The number of halogens is 3. The van der Waals surface area contributed by atoms with Gasteiger partial charge in [-0.2, -0.15) is 0 Å². The standard InChI is InChI=1S/C11H11ClN4.2ClH/c1-7(13)11-10(12)2-8(5-16-11)9-3-14-6-15-4-9;;/h2-7H,13H2,1H3;2*1H. The summed E-state index contributed by atoms with van der Waals surface area (Å²) in [6.07, 6.45) is 6.63. The summed E-state index contributed by atoms with van der Waals surface area (Å²) in [7, 11) is 0. The van der Waals surface area contributed by atoms with Gasteiger partial charge >= 0.3 is 0 Å². The molecule has 18 heavy (non-hydrogen) atoms. The van der Waals surface area contributed by atoms with Gasteiger partial charge in [0.25, 0.3) is 0 Å². The van der Waals surface area contributed by atoms with Gasteiger partial charge in [-0.1, -0.05) is 11.6 Å². The van der Waals surface area contributed by atoms with Gasteiger partial charge in [-0.25, -0.2) is 9.97 Å². The summed E-state index contributed by atoms with van der Waals surface area (Å²) < 4.78 is 0. The molecule has 0 saturated carbocycles. The van der Waals surface area contributed by atoms with Crippen LogP contribution in [0.15, 0.2) is 31.0 Å². The number of nitrogens with two attached hydrogens (primary N) is 1. The van der Waals surface area contributed by atoms with E-state index < -0.39 is 0 Å². The molecule has 0 aliphatic heterocycles. The van der Waals surface area contributed by atoms with Crippen LogP contribution in [0, 0.1) is 0 Å². The lowest BCUT2D eigenvalue weighted by Gasteiger charge is -2.08. The molecule has 0 radical (unpaired) electrons. The molecular formula is C11H13Cl3N4. The minimum absolute atomic E-state index is 0. The number of hydrogen-bond donors (Lipinski definition) is 1. The first-order valence-corrected chi connectivity index (χ1v) is 5.22. The number of aromatic nitrogens is 3. The van der Waals surface area contributed by atoms with Crippen LogP contribution in [-0.4, -0.2) is 15.0 Å². The van der Waals surface area contributed by atoms with Crippen LogP contribution in [0.3, 0.4) is 0 Å². The van der Waals surface area contributed by atoms with Crippen LogP contribution in [0.2, 0.25) is 5.02 Å². The predicted octanol–water partition coefficient (Wildman–Crippen LogP) is 3.06. The lowest BCUT2D eigenvalue weighted by Crippen LogP contribution is -2.07. The molecule has 0 aromatic carbocycles. The highest BCUT2D eigenvalue weighted by Crippen LogP contribution is 2.25. The van der Waals surface area contributed by atoms with Crippen molar-refractivity contribution in [2.75, 3.05) is 0 Å². The Labute approximate surface area is 123 Å². The highest BCUT2D eigenvalue weighted by Gasteiger charge is 2.08. The quantitative estimate of drug-likeness (QED) is 0.926. The van der Waals surface area contributed by atoms with Gasteiger partial charge in [-0.05, 0) is 13.0 Å². The van der Waals surface area contributed by atoms with E-state index in [9.17, 15) is 0 Å². The molecule has 98 valence electrons. The number of nitrogens with zero attached hydrogens (tertiary/aromatic N) is 3. The van der Waals surface area contributed by atoms with Gasteiger partial charge < -0.3 is 5.73 Å². The van der Waals surface area contributed by atoms with E-state index in [1.807, 2.05) is 13.0 Å². The highest BCUT2D eigenvalue weighted by molar-refractivity contribution is 6.31. The third-order valence-electron chi connectivity index (χ3n) is 2.19. The maximum Gasteiger partial charge on any atom is 0.115 e. The molecule has 2 heterocycles. The van der Waals surface area contributed by atoms with Gasteiger partial charge in [-0.15, -0.1) is 24.8 Å². The molecule has 0 bridgehead atoms. The van der Waals surface area contributed by atoms with E-state index in [1.165, 1.54) is 6.33 Å². The molecule has 0 aliphatic carbocycles. The number of rotatable bonds is 2. The average molecular weight is 308 g/mol. The van der Waals surface area contributed by atoms with E-state index in [4.69, 9.17) is 17.3 Å². The Hall–Kier alpha value is -0.940.